The molecule has 0 aliphatic carbocycles. The van der Waals surface area contributed by atoms with E-state index >= 15 is 0 Å². The molecule has 28 heavy (non-hydrogen) atoms. The van der Waals surface area contributed by atoms with Crippen LogP contribution in [-0.2, 0) is 25.6 Å². The first-order chi connectivity index (χ1) is 13.0. The number of hydrogen-bond donors (Lipinski definition) is 2. The van der Waals surface area contributed by atoms with Crippen LogP contribution >= 0.6 is 0 Å². The number of hydrogen-bond acceptors (Lipinski definition) is 7. The normalized spacial score (nSPS) is 10.9. The van der Waals surface area contributed by atoms with Crippen molar-refractivity contribution >= 4 is 18.0 Å². The van der Waals surface area contributed by atoms with Crippen molar-refractivity contribution in [2.75, 3.05) is 26.2 Å². The van der Waals surface area contributed by atoms with Crippen LogP contribution in [0.2, 0.25) is 0 Å². The minimum Gasteiger partial charge on any atom is -0.465 e. The number of nitrogens with one attached hydrogen (secondary N) is 2. The fourth-order valence-electron chi connectivity index (χ4n) is 2.08. The second kappa shape index (κ2) is 10.3. The van der Waals surface area contributed by atoms with Crippen molar-refractivity contribution in [1.29, 1.82) is 0 Å². The fourth-order valence-corrected chi connectivity index (χ4v) is 2.08. The highest BCUT2D eigenvalue weighted by Gasteiger charge is 2.20. The highest BCUT2D eigenvalue weighted by atomic mass is 16.6. The van der Waals surface area contributed by atoms with Gasteiger partial charge in [-0.05, 0) is 27.7 Å². The van der Waals surface area contributed by atoms with Gasteiger partial charge in [-0.3, -0.25) is 23.9 Å². The van der Waals surface area contributed by atoms with Gasteiger partial charge in [0, 0.05) is 25.4 Å². The predicted molar refractivity (Wildman–Crippen MR) is 98.8 cm³/mol. The zero-order valence-electron chi connectivity index (χ0n) is 16.4. The maximum atomic E-state index is 12.5. The summed E-state index contributed by atoms with van der Waals surface area (Å²) in [6.45, 7) is 6.21. The van der Waals surface area contributed by atoms with E-state index in [0.717, 1.165) is 15.5 Å². The molecule has 11 heteroatoms. The van der Waals surface area contributed by atoms with Crippen LogP contribution in [0.3, 0.4) is 0 Å². The second-order valence-electron chi connectivity index (χ2n) is 6.79. The SMILES string of the molecule is CCOC(=O)CN(CCNC(=O)OC(C)(C)C)C(=O)Cn1ccc(=O)[nH]c1=O. The third kappa shape index (κ3) is 8.52. The molecular weight excluding hydrogens is 372 g/mol. The van der Waals surface area contributed by atoms with E-state index in [2.05, 4.69) is 5.32 Å². The summed E-state index contributed by atoms with van der Waals surface area (Å²) >= 11 is 0. The van der Waals surface area contributed by atoms with Gasteiger partial charge in [-0.25, -0.2) is 9.59 Å². The molecule has 0 aliphatic heterocycles. The Kier molecular flexibility index (Phi) is 8.42. The van der Waals surface area contributed by atoms with Gasteiger partial charge in [-0.1, -0.05) is 0 Å². The van der Waals surface area contributed by atoms with Crippen LogP contribution in [0.15, 0.2) is 21.9 Å². The first-order valence-electron chi connectivity index (χ1n) is 8.72. The molecule has 0 saturated carbocycles. The van der Waals surface area contributed by atoms with E-state index in [1.807, 2.05) is 4.98 Å². The van der Waals surface area contributed by atoms with Gasteiger partial charge in [0.15, 0.2) is 0 Å². The molecule has 11 nitrogen and oxygen atoms in total. The van der Waals surface area contributed by atoms with E-state index in [-0.39, 0.29) is 32.8 Å². The highest BCUT2D eigenvalue weighted by Crippen LogP contribution is 2.06. The number of aromatic amines is 1. The Labute approximate surface area is 161 Å². The molecule has 0 atom stereocenters. The quantitative estimate of drug-likeness (QED) is 0.560. The number of rotatable bonds is 8. The number of aromatic nitrogens is 2. The maximum Gasteiger partial charge on any atom is 0.407 e. The lowest BCUT2D eigenvalue weighted by molar-refractivity contribution is -0.149. The Bertz CT molecular complexity index is 807. The lowest BCUT2D eigenvalue weighted by Gasteiger charge is -2.23. The molecule has 1 heterocycles. The van der Waals surface area contributed by atoms with Crippen LogP contribution in [0.25, 0.3) is 0 Å². The third-order valence-corrected chi connectivity index (χ3v) is 3.23. The van der Waals surface area contributed by atoms with Gasteiger partial charge in [0.25, 0.3) is 5.56 Å². The van der Waals surface area contributed by atoms with Gasteiger partial charge in [0.05, 0.1) is 6.61 Å². The molecule has 1 aromatic rings. The van der Waals surface area contributed by atoms with Crippen LogP contribution in [0.1, 0.15) is 27.7 Å². The minimum atomic E-state index is -0.746. The summed E-state index contributed by atoms with van der Waals surface area (Å²) in [5.41, 5.74) is -2.00. The molecule has 0 saturated heterocycles. The number of nitrogens with zero attached hydrogens (tertiary/aromatic N) is 2. The summed E-state index contributed by atoms with van der Waals surface area (Å²) in [5, 5.41) is 2.49. The standard InChI is InChI=1S/C17H26N4O7/c1-5-27-14(24)11-20(9-7-18-16(26)28-17(2,3)4)13(23)10-21-8-6-12(22)19-15(21)25/h6,8H,5,7,9-11H2,1-4H3,(H,18,26)(H,19,22,25). The van der Waals surface area contributed by atoms with Crippen molar-refractivity contribution in [3.8, 4) is 0 Å². The number of ether oxygens (including phenoxy) is 2. The second-order valence-corrected chi connectivity index (χ2v) is 6.79. The topological polar surface area (TPSA) is 140 Å². The van der Waals surface area contributed by atoms with E-state index in [9.17, 15) is 24.0 Å². The molecule has 156 valence electrons. The Morgan fingerprint density at radius 2 is 1.93 bits per heavy atom. The number of H-pyrrole nitrogens is 1. The molecule has 0 bridgehead atoms. The average Bonchev–Trinajstić information content (AvgIpc) is 2.55. The molecule has 0 aromatic carbocycles. The van der Waals surface area contributed by atoms with E-state index < -0.39 is 34.8 Å². The molecular formula is C17H26N4O7. The van der Waals surface area contributed by atoms with Crippen molar-refractivity contribution in [3.05, 3.63) is 33.1 Å². The number of amides is 2. The van der Waals surface area contributed by atoms with Crippen molar-refractivity contribution in [2.45, 2.75) is 39.8 Å². The van der Waals surface area contributed by atoms with Gasteiger partial charge in [-0.15, -0.1) is 0 Å². The maximum absolute atomic E-state index is 12.5. The third-order valence-electron chi connectivity index (χ3n) is 3.23. The van der Waals surface area contributed by atoms with Crippen molar-refractivity contribution in [2.24, 2.45) is 0 Å². The lowest BCUT2D eigenvalue weighted by Crippen LogP contribution is -2.45. The van der Waals surface area contributed by atoms with Crippen molar-refractivity contribution < 1.29 is 23.9 Å². The van der Waals surface area contributed by atoms with Crippen molar-refractivity contribution in [3.63, 3.8) is 0 Å². The van der Waals surface area contributed by atoms with Crippen LogP contribution < -0.4 is 16.6 Å². The Morgan fingerprint density at radius 3 is 2.50 bits per heavy atom. The molecule has 1 aromatic heterocycles. The molecule has 0 spiro atoms. The zero-order chi connectivity index (χ0) is 21.3. The zero-order valence-corrected chi connectivity index (χ0v) is 16.4. The van der Waals surface area contributed by atoms with E-state index in [4.69, 9.17) is 9.47 Å². The first-order valence-corrected chi connectivity index (χ1v) is 8.72. The fraction of sp³-hybridized carbons (Fsp3) is 0.588. The predicted octanol–water partition coefficient (Wildman–Crippen LogP) is -0.547. The minimum absolute atomic E-state index is 0.00497. The molecule has 0 unspecified atom stereocenters. The van der Waals surface area contributed by atoms with Gasteiger partial charge >= 0.3 is 17.8 Å². The van der Waals surface area contributed by atoms with E-state index in [0.29, 0.717) is 0 Å². The number of carbonyl (C=O) groups is 3. The van der Waals surface area contributed by atoms with Crippen LogP contribution in [0, 0.1) is 0 Å². The first kappa shape index (κ1) is 22.9. The molecule has 0 fully saturated rings. The smallest absolute Gasteiger partial charge is 0.407 e. The van der Waals surface area contributed by atoms with Gasteiger partial charge in [0.2, 0.25) is 5.91 Å². The summed E-state index contributed by atoms with van der Waals surface area (Å²) in [6, 6.07) is 1.11. The number of esters is 1. The molecule has 1 rings (SSSR count). The van der Waals surface area contributed by atoms with Crippen LogP contribution in [0.5, 0.6) is 0 Å². The molecule has 2 amide bonds. The molecule has 0 radical (unpaired) electrons. The number of alkyl carbamates (subject to hydrolysis) is 1. The Balaban J connectivity index is 2.76. The van der Waals surface area contributed by atoms with E-state index in [1.54, 1.807) is 27.7 Å². The summed E-state index contributed by atoms with van der Waals surface area (Å²) in [4.78, 5) is 62.0. The summed E-state index contributed by atoms with van der Waals surface area (Å²) in [6.07, 6.45) is 0.522. The highest BCUT2D eigenvalue weighted by molar-refractivity contribution is 5.82. The largest absolute Gasteiger partial charge is 0.465 e. The monoisotopic (exact) mass is 398 g/mol. The van der Waals surface area contributed by atoms with Crippen LogP contribution in [0.4, 0.5) is 4.79 Å². The van der Waals surface area contributed by atoms with Gasteiger partial charge < -0.3 is 19.7 Å². The number of carbonyl (C=O) groups excluding carboxylic acids is 3. The Morgan fingerprint density at radius 1 is 1.25 bits per heavy atom. The lowest BCUT2D eigenvalue weighted by atomic mass is 10.2. The van der Waals surface area contributed by atoms with Crippen LogP contribution in [-0.4, -0.2) is 64.3 Å². The van der Waals surface area contributed by atoms with Gasteiger partial charge in [0.1, 0.15) is 18.7 Å². The van der Waals surface area contributed by atoms with Crippen molar-refractivity contribution in [1.82, 2.24) is 19.8 Å². The summed E-state index contributed by atoms with van der Waals surface area (Å²) in [7, 11) is 0. The summed E-state index contributed by atoms with van der Waals surface area (Å²) in [5.74, 6) is -1.19. The van der Waals surface area contributed by atoms with Gasteiger partial charge in [-0.2, -0.15) is 0 Å². The Hall–Kier alpha value is -3.11. The molecule has 0 aliphatic rings. The summed E-state index contributed by atoms with van der Waals surface area (Å²) < 4.78 is 10.9. The molecule has 2 N–H and O–H groups in total. The van der Waals surface area contributed by atoms with E-state index in [1.165, 1.54) is 6.20 Å². The average molecular weight is 398 g/mol.